The van der Waals surface area contributed by atoms with Crippen molar-refractivity contribution in [2.75, 3.05) is 19.6 Å². The highest BCUT2D eigenvalue weighted by molar-refractivity contribution is 5.80. The summed E-state index contributed by atoms with van der Waals surface area (Å²) in [6.07, 6.45) is 3.99. The lowest BCUT2D eigenvalue weighted by Crippen LogP contribution is -2.45. The minimum Gasteiger partial charge on any atom is -0.489 e. The van der Waals surface area contributed by atoms with Crippen LogP contribution in [0, 0.1) is 0 Å². The van der Waals surface area contributed by atoms with Crippen LogP contribution in [0.5, 0.6) is 5.75 Å². The van der Waals surface area contributed by atoms with Crippen molar-refractivity contribution in [2.24, 2.45) is 4.99 Å². The number of guanidine groups is 1. The van der Waals surface area contributed by atoms with E-state index in [9.17, 15) is 0 Å². The Balaban J connectivity index is 1.50. The van der Waals surface area contributed by atoms with E-state index < -0.39 is 0 Å². The summed E-state index contributed by atoms with van der Waals surface area (Å²) in [4.78, 5) is 7.39. The Labute approximate surface area is 151 Å². The molecular weight excluding hydrogens is 312 g/mol. The van der Waals surface area contributed by atoms with Crippen LogP contribution in [-0.2, 0) is 0 Å². The number of nitrogens with one attached hydrogen (secondary N) is 2. The van der Waals surface area contributed by atoms with Crippen LogP contribution < -0.4 is 15.4 Å². The molecule has 1 aliphatic heterocycles. The first-order valence-electron chi connectivity index (χ1n) is 9.68. The number of hydrogen-bond donors (Lipinski definition) is 2. The largest absolute Gasteiger partial charge is 0.489 e. The predicted octanol–water partition coefficient (Wildman–Crippen LogP) is 2.63. The maximum Gasteiger partial charge on any atom is 0.191 e. The van der Waals surface area contributed by atoms with Gasteiger partial charge in [-0.1, -0.05) is 18.2 Å². The van der Waals surface area contributed by atoms with Crippen LogP contribution in [0.3, 0.4) is 0 Å². The van der Waals surface area contributed by atoms with Crippen molar-refractivity contribution in [3.8, 4) is 5.75 Å². The number of benzene rings is 1. The summed E-state index contributed by atoms with van der Waals surface area (Å²) >= 11 is 0. The molecule has 2 N–H and O–H groups in total. The van der Waals surface area contributed by atoms with Gasteiger partial charge in [0.05, 0.1) is 6.54 Å². The van der Waals surface area contributed by atoms with E-state index >= 15 is 0 Å². The summed E-state index contributed by atoms with van der Waals surface area (Å²) in [7, 11) is 0. The zero-order chi connectivity index (χ0) is 17.6. The van der Waals surface area contributed by atoms with Crippen molar-refractivity contribution < 1.29 is 4.74 Å². The van der Waals surface area contributed by atoms with Gasteiger partial charge in [-0.3, -0.25) is 4.90 Å². The fraction of sp³-hybridized carbons (Fsp3) is 0.650. The first-order chi connectivity index (χ1) is 12.2. The number of rotatable bonds is 7. The molecule has 0 bridgehead atoms. The van der Waals surface area contributed by atoms with E-state index in [-0.39, 0.29) is 6.10 Å². The smallest absolute Gasteiger partial charge is 0.191 e. The summed E-state index contributed by atoms with van der Waals surface area (Å²) in [5.74, 6) is 1.80. The maximum atomic E-state index is 5.92. The molecule has 25 heavy (non-hydrogen) atoms. The third-order valence-electron chi connectivity index (χ3n) is 4.91. The lowest BCUT2D eigenvalue weighted by molar-refractivity contribution is 0.230. The van der Waals surface area contributed by atoms with Gasteiger partial charge in [-0.15, -0.1) is 0 Å². The number of nitrogens with zero attached hydrogens (tertiary/aromatic N) is 2. The predicted molar refractivity (Wildman–Crippen MR) is 103 cm³/mol. The molecule has 3 rings (SSSR count). The highest BCUT2D eigenvalue weighted by Gasteiger charge is 2.38. The lowest BCUT2D eigenvalue weighted by Gasteiger charge is -2.20. The van der Waals surface area contributed by atoms with E-state index in [1.807, 2.05) is 30.3 Å². The van der Waals surface area contributed by atoms with Gasteiger partial charge >= 0.3 is 0 Å². The van der Waals surface area contributed by atoms with Gasteiger partial charge in [-0.05, 0) is 52.2 Å². The molecule has 2 fully saturated rings. The zero-order valence-corrected chi connectivity index (χ0v) is 15.7. The molecule has 3 unspecified atom stereocenters. The van der Waals surface area contributed by atoms with Crippen LogP contribution in [0.2, 0.25) is 0 Å². The molecule has 0 radical (unpaired) electrons. The van der Waals surface area contributed by atoms with E-state index in [1.165, 1.54) is 19.3 Å². The summed E-state index contributed by atoms with van der Waals surface area (Å²) in [5.41, 5.74) is 0. The first-order valence-corrected chi connectivity index (χ1v) is 9.68. The van der Waals surface area contributed by atoms with E-state index in [1.54, 1.807) is 0 Å². The number of aliphatic imine (C=N–C) groups is 1. The highest BCUT2D eigenvalue weighted by Crippen LogP contribution is 2.33. The normalized spacial score (nSPS) is 25.6. The third-order valence-corrected chi connectivity index (χ3v) is 4.91. The Morgan fingerprint density at radius 1 is 1.32 bits per heavy atom. The highest BCUT2D eigenvalue weighted by atomic mass is 16.5. The van der Waals surface area contributed by atoms with Crippen molar-refractivity contribution in [3.05, 3.63) is 30.3 Å². The molecule has 5 heteroatoms. The van der Waals surface area contributed by atoms with Gasteiger partial charge in [0.15, 0.2) is 5.96 Å². The Morgan fingerprint density at radius 3 is 2.76 bits per heavy atom. The Bertz CT molecular complexity index is 558. The molecule has 5 nitrogen and oxygen atoms in total. The van der Waals surface area contributed by atoms with Gasteiger partial charge in [-0.2, -0.15) is 0 Å². The second kappa shape index (κ2) is 8.56. The molecule has 0 spiro atoms. The van der Waals surface area contributed by atoms with Gasteiger partial charge in [0.1, 0.15) is 11.9 Å². The lowest BCUT2D eigenvalue weighted by atomic mass is 10.2. The molecule has 1 saturated carbocycles. The molecule has 1 aromatic rings. The average molecular weight is 345 g/mol. The van der Waals surface area contributed by atoms with E-state index in [0.717, 1.165) is 30.8 Å². The number of hydrogen-bond acceptors (Lipinski definition) is 3. The second-order valence-corrected chi connectivity index (χ2v) is 7.32. The molecule has 1 saturated heterocycles. The Kier molecular flexibility index (Phi) is 6.19. The number of para-hydroxylation sites is 1. The van der Waals surface area contributed by atoms with Crippen LogP contribution in [0.1, 0.15) is 40.0 Å². The van der Waals surface area contributed by atoms with Crippen molar-refractivity contribution >= 4 is 5.96 Å². The first kappa shape index (κ1) is 18.1. The summed E-state index contributed by atoms with van der Waals surface area (Å²) < 4.78 is 5.92. The standard InChI is InChI=1S/C20H32N4O/c1-4-21-20(22-13-16(3)25-19-8-6-5-7-9-19)23-17-12-15(2)24(14-17)18-10-11-18/h5-9,15-18H,4,10-14H2,1-3H3,(H2,21,22,23). The van der Waals surface area contributed by atoms with E-state index in [0.29, 0.717) is 18.6 Å². The zero-order valence-electron chi connectivity index (χ0n) is 15.7. The van der Waals surface area contributed by atoms with Crippen molar-refractivity contribution in [3.63, 3.8) is 0 Å². The molecule has 0 amide bonds. The Morgan fingerprint density at radius 2 is 2.08 bits per heavy atom. The van der Waals surface area contributed by atoms with Crippen molar-refractivity contribution in [1.82, 2.24) is 15.5 Å². The summed E-state index contributed by atoms with van der Waals surface area (Å²) in [5, 5.41) is 6.99. The summed E-state index contributed by atoms with van der Waals surface area (Å²) in [6.45, 7) is 9.15. The second-order valence-electron chi connectivity index (χ2n) is 7.32. The van der Waals surface area contributed by atoms with Crippen LogP contribution >= 0.6 is 0 Å². The van der Waals surface area contributed by atoms with Crippen molar-refractivity contribution in [2.45, 2.75) is 64.3 Å². The average Bonchev–Trinajstić information content (AvgIpc) is 3.37. The summed E-state index contributed by atoms with van der Waals surface area (Å²) in [6, 6.07) is 11.9. The molecular formula is C20H32N4O. The minimum absolute atomic E-state index is 0.0447. The topological polar surface area (TPSA) is 48.9 Å². The number of ether oxygens (including phenoxy) is 1. The molecule has 1 aromatic carbocycles. The van der Waals surface area contributed by atoms with E-state index in [4.69, 9.17) is 9.73 Å². The maximum absolute atomic E-state index is 5.92. The monoisotopic (exact) mass is 344 g/mol. The Hall–Kier alpha value is -1.75. The fourth-order valence-corrected chi connectivity index (χ4v) is 3.58. The third kappa shape index (κ3) is 5.36. The number of likely N-dealkylation sites (tertiary alicyclic amines) is 1. The van der Waals surface area contributed by atoms with Gasteiger partial charge < -0.3 is 15.4 Å². The quantitative estimate of drug-likeness (QED) is 0.590. The fourth-order valence-electron chi connectivity index (χ4n) is 3.58. The molecule has 3 atom stereocenters. The molecule has 2 aliphatic rings. The molecule has 1 aliphatic carbocycles. The van der Waals surface area contributed by atoms with Crippen LogP contribution in [0.4, 0.5) is 0 Å². The molecule has 1 heterocycles. The van der Waals surface area contributed by atoms with Crippen LogP contribution in [0.15, 0.2) is 35.3 Å². The molecule has 138 valence electrons. The van der Waals surface area contributed by atoms with E-state index in [2.05, 4.69) is 36.3 Å². The van der Waals surface area contributed by atoms with Gasteiger partial charge in [0, 0.05) is 31.2 Å². The van der Waals surface area contributed by atoms with Crippen molar-refractivity contribution in [1.29, 1.82) is 0 Å². The minimum atomic E-state index is 0.0447. The van der Waals surface area contributed by atoms with Gasteiger partial charge in [0.25, 0.3) is 0 Å². The van der Waals surface area contributed by atoms with Gasteiger partial charge in [-0.25, -0.2) is 4.99 Å². The SMILES string of the molecule is CCNC(=NCC(C)Oc1ccccc1)NC1CC(C)N(C2CC2)C1. The van der Waals surface area contributed by atoms with Crippen LogP contribution in [-0.4, -0.2) is 54.7 Å². The molecule has 0 aromatic heterocycles. The van der Waals surface area contributed by atoms with Gasteiger partial charge in [0.2, 0.25) is 0 Å². The van der Waals surface area contributed by atoms with Crippen LogP contribution in [0.25, 0.3) is 0 Å².